The standard InChI is InChI=1S/C14H12N4O/c15-9-11-6-7-13(18-17-11)19-12-5-1-3-10-4-2-8-16-14(10)12/h1-8H,9,15H2. The van der Waals surface area contributed by atoms with E-state index in [9.17, 15) is 0 Å². The van der Waals surface area contributed by atoms with E-state index in [1.54, 1.807) is 18.3 Å². The van der Waals surface area contributed by atoms with Crippen LogP contribution in [0.2, 0.25) is 0 Å². The summed E-state index contributed by atoms with van der Waals surface area (Å²) in [4.78, 5) is 4.32. The minimum Gasteiger partial charge on any atom is -0.435 e. The van der Waals surface area contributed by atoms with Gasteiger partial charge in [0, 0.05) is 24.2 Å². The molecule has 0 atom stereocenters. The van der Waals surface area contributed by atoms with E-state index < -0.39 is 0 Å². The van der Waals surface area contributed by atoms with Gasteiger partial charge in [0.15, 0.2) is 5.75 Å². The van der Waals surface area contributed by atoms with E-state index in [0.29, 0.717) is 18.2 Å². The topological polar surface area (TPSA) is 73.9 Å². The summed E-state index contributed by atoms with van der Waals surface area (Å²) in [6.07, 6.45) is 1.73. The molecule has 0 bridgehead atoms. The maximum Gasteiger partial charge on any atom is 0.238 e. The fraction of sp³-hybridized carbons (Fsp3) is 0.0714. The van der Waals surface area contributed by atoms with Crippen molar-refractivity contribution < 1.29 is 4.74 Å². The SMILES string of the molecule is NCc1ccc(Oc2cccc3cccnc23)nn1. The van der Waals surface area contributed by atoms with Gasteiger partial charge >= 0.3 is 0 Å². The number of benzene rings is 1. The quantitative estimate of drug-likeness (QED) is 0.774. The molecular formula is C14H12N4O. The number of hydrogen-bond acceptors (Lipinski definition) is 5. The molecule has 2 N–H and O–H groups in total. The van der Waals surface area contributed by atoms with Crippen LogP contribution in [0.3, 0.4) is 0 Å². The maximum absolute atomic E-state index is 5.71. The molecule has 0 unspecified atom stereocenters. The second-order valence-electron chi connectivity index (χ2n) is 4.00. The molecule has 0 saturated carbocycles. The second kappa shape index (κ2) is 4.99. The molecule has 1 aromatic carbocycles. The Bertz CT molecular complexity index is 692. The molecule has 0 aliphatic carbocycles. The van der Waals surface area contributed by atoms with E-state index in [4.69, 9.17) is 10.5 Å². The zero-order valence-corrected chi connectivity index (χ0v) is 10.2. The number of hydrogen-bond donors (Lipinski definition) is 1. The Hall–Kier alpha value is -2.53. The van der Waals surface area contributed by atoms with Crippen molar-refractivity contribution in [3.63, 3.8) is 0 Å². The summed E-state index contributed by atoms with van der Waals surface area (Å²) in [5.74, 6) is 1.09. The third-order valence-corrected chi connectivity index (χ3v) is 2.71. The molecule has 0 fully saturated rings. The molecule has 2 heterocycles. The van der Waals surface area contributed by atoms with Gasteiger partial charge in [0.2, 0.25) is 5.88 Å². The maximum atomic E-state index is 5.71. The molecule has 2 aromatic heterocycles. The fourth-order valence-corrected chi connectivity index (χ4v) is 1.78. The van der Waals surface area contributed by atoms with Crippen LogP contribution in [-0.4, -0.2) is 15.2 Å². The summed E-state index contributed by atoms with van der Waals surface area (Å²) in [7, 11) is 0. The lowest BCUT2D eigenvalue weighted by atomic mass is 10.2. The Morgan fingerprint density at radius 1 is 1.00 bits per heavy atom. The van der Waals surface area contributed by atoms with Crippen molar-refractivity contribution in [1.82, 2.24) is 15.2 Å². The Morgan fingerprint density at radius 3 is 2.68 bits per heavy atom. The molecule has 5 nitrogen and oxygen atoms in total. The molecule has 3 rings (SSSR count). The summed E-state index contributed by atoms with van der Waals surface area (Å²) in [6, 6.07) is 13.2. The van der Waals surface area contributed by atoms with Crippen molar-refractivity contribution in [3.8, 4) is 11.6 Å². The van der Waals surface area contributed by atoms with Gasteiger partial charge in [-0.3, -0.25) is 4.98 Å². The lowest BCUT2D eigenvalue weighted by Gasteiger charge is -2.06. The largest absolute Gasteiger partial charge is 0.435 e. The fourth-order valence-electron chi connectivity index (χ4n) is 1.78. The summed E-state index contributed by atoms with van der Waals surface area (Å²) >= 11 is 0. The molecule has 0 saturated heterocycles. The van der Waals surface area contributed by atoms with Crippen LogP contribution in [0.25, 0.3) is 10.9 Å². The van der Waals surface area contributed by atoms with Gasteiger partial charge in [0.25, 0.3) is 0 Å². The Labute approximate surface area is 110 Å². The van der Waals surface area contributed by atoms with Crippen molar-refractivity contribution in [1.29, 1.82) is 0 Å². The van der Waals surface area contributed by atoms with Crippen LogP contribution in [0.4, 0.5) is 0 Å². The number of ether oxygens (including phenoxy) is 1. The lowest BCUT2D eigenvalue weighted by Crippen LogP contribution is -2.01. The number of para-hydroxylation sites is 1. The molecule has 0 amide bonds. The monoisotopic (exact) mass is 252 g/mol. The zero-order chi connectivity index (χ0) is 13.1. The highest BCUT2D eigenvalue weighted by molar-refractivity contribution is 5.84. The Morgan fingerprint density at radius 2 is 1.89 bits per heavy atom. The minimum atomic E-state index is 0.364. The number of nitrogens with zero attached hydrogens (tertiary/aromatic N) is 3. The number of fused-ring (bicyclic) bond motifs is 1. The lowest BCUT2D eigenvalue weighted by molar-refractivity contribution is 0.458. The van der Waals surface area contributed by atoms with Crippen LogP contribution >= 0.6 is 0 Å². The molecule has 3 aromatic rings. The van der Waals surface area contributed by atoms with Gasteiger partial charge in [-0.25, -0.2) is 0 Å². The van der Waals surface area contributed by atoms with Gasteiger partial charge in [0.05, 0.1) is 5.69 Å². The van der Waals surface area contributed by atoms with E-state index in [2.05, 4.69) is 15.2 Å². The molecular weight excluding hydrogens is 240 g/mol. The number of nitrogens with two attached hydrogens (primary N) is 1. The Balaban J connectivity index is 1.96. The van der Waals surface area contributed by atoms with E-state index in [1.165, 1.54) is 0 Å². The summed E-state index contributed by atoms with van der Waals surface area (Å²) < 4.78 is 5.71. The molecule has 19 heavy (non-hydrogen) atoms. The van der Waals surface area contributed by atoms with E-state index in [0.717, 1.165) is 16.6 Å². The van der Waals surface area contributed by atoms with Gasteiger partial charge in [0.1, 0.15) is 5.52 Å². The number of pyridine rings is 1. The number of rotatable bonds is 3. The third kappa shape index (κ3) is 2.36. The molecule has 0 aliphatic rings. The van der Waals surface area contributed by atoms with Crippen LogP contribution < -0.4 is 10.5 Å². The van der Waals surface area contributed by atoms with Crippen LogP contribution in [-0.2, 0) is 6.54 Å². The van der Waals surface area contributed by atoms with Crippen molar-refractivity contribution in [2.75, 3.05) is 0 Å². The highest BCUT2D eigenvalue weighted by Gasteiger charge is 2.05. The predicted molar refractivity (Wildman–Crippen MR) is 71.7 cm³/mol. The van der Waals surface area contributed by atoms with Crippen molar-refractivity contribution in [3.05, 3.63) is 54.4 Å². The van der Waals surface area contributed by atoms with E-state index in [-0.39, 0.29) is 0 Å². The van der Waals surface area contributed by atoms with Gasteiger partial charge in [-0.1, -0.05) is 18.2 Å². The molecule has 0 radical (unpaired) electrons. The van der Waals surface area contributed by atoms with E-state index >= 15 is 0 Å². The molecule has 0 spiro atoms. The van der Waals surface area contributed by atoms with Crippen molar-refractivity contribution in [2.24, 2.45) is 5.73 Å². The van der Waals surface area contributed by atoms with Gasteiger partial charge in [-0.15, -0.1) is 5.10 Å². The van der Waals surface area contributed by atoms with Gasteiger partial charge in [-0.2, -0.15) is 5.10 Å². The highest BCUT2D eigenvalue weighted by atomic mass is 16.5. The summed E-state index contributed by atoms with van der Waals surface area (Å²) in [5.41, 5.74) is 7.00. The highest BCUT2D eigenvalue weighted by Crippen LogP contribution is 2.26. The van der Waals surface area contributed by atoms with Crippen LogP contribution in [0, 0.1) is 0 Å². The third-order valence-electron chi connectivity index (χ3n) is 2.71. The molecule has 94 valence electrons. The second-order valence-corrected chi connectivity index (χ2v) is 4.00. The first-order valence-electron chi connectivity index (χ1n) is 5.91. The Kier molecular flexibility index (Phi) is 3.04. The van der Waals surface area contributed by atoms with Gasteiger partial charge < -0.3 is 10.5 Å². The van der Waals surface area contributed by atoms with Crippen molar-refractivity contribution >= 4 is 10.9 Å². The summed E-state index contributed by atoms with van der Waals surface area (Å²) in [5, 5.41) is 8.94. The molecule has 5 heteroatoms. The average Bonchev–Trinajstić information content (AvgIpc) is 2.48. The first kappa shape index (κ1) is 11.6. The van der Waals surface area contributed by atoms with Crippen LogP contribution in [0.5, 0.6) is 11.6 Å². The predicted octanol–water partition coefficient (Wildman–Crippen LogP) is 2.28. The van der Waals surface area contributed by atoms with Gasteiger partial charge in [-0.05, 0) is 18.2 Å². The van der Waals surface area contributed by atoms with Crippen molar-refractivity contribution in [2.45, 2.75) is 6.54 Å². The summed E-state index contributed by atoms with van der Waals surface area (Å²) in [6.45, 7) is 0.364. The minimum absolute atomic E-state index is 0.364. The van der Waals surface area contributed by atoms with Crippen LogP contribution in [0.15, 0.2) is 48.7 Å². The molecule has 0 aliphatic heterocycles. The zero-order valence-electron chi connectivity index (χ0n) is 10.2. The smallest absolute Gasteiger partial charge is 0.238 e. The first-order valence-corrected chi connectivity index (χ1v) is 5.91. The first-order chi connectivity index (χ1) is 9.36. The number of aromatic nitrogens is 3. The van der Waals surface area contributed by atoms with Crippen LogP contribution in [0.1, 0.15) is 5.69 Å². The average molecular weight is 252 g/mol. The van der Waals surface area contributed by atoms with E-state index in [1.807, 2.05) is 30.3 Å². The normalized spacial score (nSPS) is 10.6.